The molecule has 1 rings (SSSR count). The van der Waals surface area contributed by atoms with Crippen LogP contribution in [0.1, 0.15) is 12.0 Å². The van der Waals surface area contributed by atoms with E-state index in [0.717, 1.165) is 0 Å². The van der Waals surface area contributed by atoms with Gasteiger partial charge in [-0.3, -0.25) is 10.2 Å². The summed E-state index contributed by atoms with van der Waals surface area (Å²) in [7, 11) is 2.90. The number of carboxylic acid groups (broad SMARTS) is 1. The maximum atomic E-state index is 10.7. The third kappa shape index (κ3) is 4.39. The molecule has 0 aromatic heterocycles. The number of ether oxygens (including phenoxy) is 2. The van der Waals surface area contributed by atoms with Gasteiger partial charge in [0, 0.05) is 18.1 Å². The van der Waals surface area contributed by atoms with Crippen molar-refractivity contribution >= 4 is 17.4 Å². The van der Waals surface area contributed by atoms with E-state index in [1.807, 2.05) is 0 Å². The summed E-state index contributed by atoms with van der Waals surface area (Å²) >= 11 is 0. The first-order valence-electron chi connectivity index (χ1n) is 6.16. The number of hydrogen-bond donors (Lipinski definition) is 2. The van der Waals surface area contributed by atoms with Gasteiger partial charge in [-0.2, -0.15) is 15.6 Å². The first-order chi connectivity index (χ1) is 10.5. The van der Waals surface area contributed by atoms with Gasteiger partial charge in [-0.05, 0) is 12.5 Å². The van der Waals surface area contributed by atoms with Gasteiger partial charge < -0.3 is 14.6 Å². The van der Waals surface area contributed by atoms with Crippen LogP contribution >= 0.6 is 0 Å². The summed E-state index contributed by atoms with van der Waals surface area (Å²) < 4.78 is 10.4. The summed E-state index contributed by atoms with van der Waals surface area (Å²) in [5, 5.41) is 29.7. The first-order valence-corrected chi connectivity index (χ1v) is 6.16. The highest BCUT2D eigenvalue weighted by Crippen LogP contribution is 2.35. The van der Waals surface area contributed by atoms with E-state index in [1.165, 1.54) is 14.2 Å². The van der Waals surface area contributed by atoms with Crippen molar-refractivity contribution in [1.29, 1.82) is 10.5 Å². The molecular formula is C14H14N4O4. The average Bonchev–Trinajstić information content (AvgIpc) is 2.53. The van der Waals surface area contributed by atoms with Crippen LogP contribution in [-0.4, -0.2) is 31.0 Å². The first kappa shape index (κ1) is 16.8. The van der Waals surface area contributed by atoms with Crippen LogP contribution in [0.25, 0.3) is 0 Å². The topological polar surface area (TPSA) is 128 Å². The van der Waals surface area contributed by atoms with Crippen molar-refractivity contribution in [3.05, 3.63) is 17.7 Å². The molecule has 0 fully saturated rings. The zero-order valence-corrected chi connectivity index (χ0v) is 12.1. The van der Waals surface area contributed by atoms with Crippen molar-refractivity contribution in [2.24, 2.45) is 5.10 Å². The number of rotatable bonds is 7. The zero-order valence-electron chi connectivity index (χ0n) is 12.1. The van der Waals surface area contributed by atoms with Gasteiger partial charge in [0.1, 0.15) is 12.1 Å². The molecule has 8 heteroatoms. The molecule has 1 aromatic carbocycles. The number of carbonyl (C=O) groups is 1. The van der Waals surface area contributed by atoms with Crippen molar-refractivity contribution in [2.45, 2.75) is 12.8 Å². The molecule has 22 heavy (non-hydrogen) atoms. The summed E-state index contributed by atoms with van der Waals surface area (Å²) in [5.41, 5.74) is 3.28. The highest BCUT2D eigenvalue weighted by molar-refractivity contribution is 6.10. The number of aliphatic carboxylic acids is 1. The number of carboxylic acids is 1. The molecule has 8 nitrogen and oxygen atoms in total. The van der Waals surface area contributed by atoms with Gasteiger partial charge in [0.2, 0.25) is 5.71 Å². The van der Waals surface area contributed by atoms with Gasteiger partial charge >= 0.3 is 5.97 Å². The maximum Gasteiger partial charge on any atom is 0.303 e. The van der Waals surface area contributed by atoms with E-state index in [4.69, 9.17) is 25.1 Å². The highest BCUT2D eigenvalue weighted by atomic mass is 16.5. The Balaban J connectivity index is 3.17. The summed E-state index contributed by atoms with van der Waals surface area (Å²) in [6.07, 6.45) is 0.158. The SMILES string of the molecule is COc1cc(NN=C(C#N)C#N)cc(CCC(=O)O)c1OC. The summed E-state index contributed by atoms with van der Waals surface area (Å²) in [4.78, 5) is 10.7. The van der Waals surface area contributed by atoms with Crippen LogP contribution in [0.4, 0.5) is 5.69 Å². The molecule has 0 aliphatic heterocycles. The molecule has 2 N–H and O–H groups in total. The van der Waals surface area contributed by atoms with Gasteiger partial charge in [-0.15, -0.1) is 0 Å². The van der Waals surface area contributed by atoms with Gasteiger partial charge in [0.25, 0.3) is 0 Å². The van der Waals surface area contributed by atoms with Crippen molar-refractivity contribution in [2.75, 3.05) is 19.6 Å². The van der Waals surface area contributed by atoms with E-state index in [2.05, 4.69) is 10.5 Å². The Bertz CT molecular complexity index is 655. The summed E-state index contributed by atoms with van der Waals surface area (Å²) in [5.74, 6) is -0.119. The Morgan fingerprint density at radius 3 is 2.50 bits per heavy atom. The number of methoxy groups -OCH3 is 2. The summed E-state index contributed by atoms with van der Waals surface area (Å²) in [6, 6.07) is 6.43. The van der Waals surface area contributed by atoms with Crippen molar-refractivity contribution < 1.29 is 19.4 Å². The number of nitrogens with one attached hydrogen (secondary N) is 1. The van der Waals surface area contributed by atoms with Gasteiger partial charge in [-0.25, -0.2) is 0 Å². The predicted molar refractivity (Wildman–Crippen MR) is 77.8 cm³/mol. The van der Waals surface area contributed by atoms with Gasteiger partial charge in [-0.1, -0.05) is 0 Å². The number of nitrogens with zero attached hydrogens (tertiary/aromatic N) is 3. The molecule has 1 aromatic rings. The molecule has 0 atom stereocenters. The molecule has 0 aliphatic rings. The third-order valence-electron chi connectivity index (χ3n) is 2.67. The van der Waals surface area contributed by atoms with Crippen LogP contribution in [-0.2, 0) is 11.2 Å². The van der Waals surface area contributed by atoms with Crippen LogP contribution in [0.5, 0.6) is 11.5 Å². The molecule has 0 saturated heterocycles. The monoisotopic (exact) mass is 302 g/mol. The normalized spacial score (nSPS) is 9.09. The Labute approximate surface area is 127 Å². The highest BCUT2D eigenvalue weighted by Gasteiger charge is 2.13. The second kappa shape index (κ2) is 8.12. The van der Waals surface area contributed by atoms with Crippen molar-refractivity contribution in [3.63, 3.8) is 0 Å². The molecule has 114 valence electrons. The van der Waals surface area contributed by atoms with Crippen LogP contribution in [0.3, 0.4) is 0 Å². The molecule has 0 aliphatic carbocycles. The second-order valence-corrected chi connectivity index (χ2v) is 4.06. The lowest BCUT2D eigenvalue weighted by molar-refractivity contribution is -0.136. The third-order valence-corrected chi connectivity index (χ3v) is 2.67. The Hall–Kier alpha value is -3.26. The number of aryl methyl sites for hydroxylation is 1. The molecule has 0 spiro atoms. The van der Waals surface area contributed by atoms with Crippen molar-refractivity contribution in [3.8, 4) is 23.6 Å². The number of nitriles is 2. The molecule has 0 unspecified atom stereocenters. The second-order valence-electron chi connectivity index (χ2n) is 4.06. The smallest absolute Gasteiger partial charge is 0.303 e. The van der Waals surface area contributed by atoms with E-state index in [1.54, 1.807) is 24.3 Å². The number of hydrogen-bond acceptors (Lipinski definition) is 7. The average molecular weight is 302 g/mol. The number of anilines is 1. The summed E-state index contributed by atoms with van der Waals surface area (Å²) in [6.45, 7) is 0. The fraction of sp³-hybridized carbons (Fsp3) is 0.286. The minimum Gasteiger partial charge on any atom is -0.493 e. The van der Waals surface area contributed by atoms with Gasteiger partial charge in [0.05, 0.1) is 19.9 Å². The minimum absolute atomic E-state index is 0.0755. The largest absolute Gasteiger partial charge is 0.493 e. The lowest BCUT2D eigenvalue weighted by Gasteiger charge is -2.14. The fourth-order valence-corrected chi connectivity index (χ4v) is 1.73. The van der Waals surface area contributed by atoms with Crippen LogP contribution in [0.15, 0.2) is 17.2 Å². The molecule has 0 amide bonds. The molecular weight excluding hydrogens is 288 g/mol. The van der Waals surface area contributed by atoms with E-state index in [0.29, 0.717) is 22.7 Å². The molecule has 0 bridgehead atoms. The molecule has 0 saturated carbocycles. The van der Waals surface area contributed by atoms with E-state index >= 15 is 0 Å². The lowest BCUT2D eigenvalue weighted by Crippen LogP contribution is -2.03. The van der Waals surface area contributed by atoms with Crippen LogP contribution < -0.4 is 14.9 Å². The quantitative estimate of drug-likeness (QED) is 0.577. The standard InChI is InChI=1S/C14H14N4O4/c1-21-12-6-10(17-18-11(7-15)8-16)5-9(14(12)22-2)3-4-13(19)20/h5-6,17H,3-4H2,1-2H3,(H,19,20). The number of hydrazone groups is 1. The lowest BCUT2D eigenvalue weighted by atomic mass is 10.1. The zero-order chi connectivity index (χ0) is 16.5. The Kier molecular flexibility index (Phi) is 6.20. The maximum absolute atomic E-state index is 10.7. The molecule has 0 heterocycles. The fourth-order valence-electron chi connectivity index (χ4n) is 1.73. The van der Waals surface area contributed by atoms with E-state index in [9.17, 15) is 4.79 Å². The van der Waals surface area contributed by atoms with Gasteiger partial charge in [0.15, 0.2) is 11.5 Å². The Morgan fingerprint density at radius 2 is 2.00 bits per heavy atom. The minimum atomic E-state index is -0.936. The molecule has 0 radical (unpaired) electrons. The van der Waals surface area contributed by atoms with E-state index in [-0.39, 0.29) is 18.6 Å². The van der Waals surface area contributed by atoms with E-state index < -0.39 is 5.97 Å². The van der Waals surface area contributed by atoms with Crippen molar-refractivity contribution in [1.82, 2.24) is 0 Å². The number of benzene rings is 1. The predicted octanol–water partition coefficient (Wildman–Crippen LogP) is 1.54. The van der Waals surface area contributed by atoms with Crippen LogP contribution in [0, 0.1) is 22.7 Å². The van der Waals surface area contributed by atoms with Crippen LogP contribution in [0.2, 0.25) is 0 Å². The Morgan fingerprint density at radius 1 is 1.32 bits per heavy atom.